The van der Waals surface area contributed by atoms with Crippen LogP contribution < -0.4 is 11.1 Å². The lowest BCUT2D eigenvalue weighted by Crippen LogP contribution is -2.35. The number of primary amides is 1. The number of halogens is 2. The molecule has 96 valence electrons. The number of carbonyl (C=O) groups excluding carboxylic acids is 1. The molecular formula is C10H11ClFN5O. The number of nitrogens with two attached hydrogens (primary N) is 1. The summed E-state index contributed by atoms with van der Waals surface area (Å²) >= 11 is 5.62. The van der Waals surface area contributed by atoms with E-state index in [0.717, 1.165) is 0 Å². The van der Waals surface area contributed by atoms with Gasteiger partial charge in [0.15, 0.2) is 0 Å². The summed E-state index contributed by atoms with van der Waals surface area (Å²) in [4.78, 5) is 13.8. The van der Waals surface area contributed by atoms with E-state index >= 15 is 0 Å². The molecule has 8 heteroatoms. The van der Waals surface area contributed by atoms with Crippen molar-refractivity contribution in [3.8, 4) is 0 Å². The van der Waals surface area contributed by atoms with E-state index < -0.39 is 17.8 Å². The third-order valence-corrected chi connectivity index (χ3v) is 2.49. The summed E-state index contributed by atoms with van der Waals surface area (Å²) in [5.74, 6) is -1.43. The molecule has 0 radical (unpaired) electrons. The van der Waals surface area contributed by atoms with E-state index in [1.54, 1.807) is 0 Å². The molecule has 0 fully saturated rings. The van der Waals surface area contributed by atoms with Crippen LogP contribution in [0, 0.1) is 5.82 Å². The van der Waals surface area contributed by atoms with Gasteiger partial charge in [0, 0.05) is 23.6 Å². The first kappa shape index (κ1) is 14.2. The third-order valence-electron chi connectivity index (χ3n) is 2.20. The molecule has 1 unspecified atom stereocenters. The van der Waals surface area contributed by atoms with E-state index in [0.29, 0.717) is 0 Å². The maximum absolute atomic E-state index is 13.7. The maximum atomic E-state index is 13.7. The molecule has 1 atom stereocenters. The highest BCUT2D eigenvalue weighted by Gasteiger charge is 2.21. The monoisotopic (exact) mass is 271 g/mol. The van der Waals surface area contributed by atoms with Crippen LogP contribution in [-0.2, 0) is 4.79 Å². The third kappa shape index (κ3) is 3.59. The van der Waals surface area contributed by atoms with Gasteiger partial charge in [-0.3, -0.25) is 4.79 Å². The quantitative estimate of drug-likeness (QED) is 0.357. The van der Waals surface area contributed by atoms with Crippen LogP contribution in [0.1, 0.15) is 11.6 Å². The predicted octanol–water partition coefficient (Wildman–Crippen LogP) is 1.91. The topological polar surface area (TPSA) is 104 Å². The molecule has 0 aliphatic rings. The molecule has 0 spiro atoms. The van der Waals surface area contributed by atoms with Crippen molar-refractivity contribution in [1.82, 2.24) is 5.32 Å². The molecule has 0 saturated heterocycles. The summed E-state index contributed by atoms with van der Waals surface area (Å²) in [6.07, 6.45) is 0. The SMILES string of the molecule is [N-]=[N+]=NCCNC(C(N)=O)c1cccc(Cl)c1F. The fourth-order valence-electron chi connectivity index (χ4n) is 1.41. The van der Waals surface area contributed by atoms with Crippen LogP contribution in [0.5, 0.6) is 0 Å². The molecule has 0 heterocycles. The molecule has 0 bridgehead atoms. The molecular weight excluding hydrogens is 261 g/mol. The van der Waals surface area contributed by atoms with Gasteiger partial charge in [-0.2, -0.15) is 0 Å². The van der Waals surface area contributed by atoms with E-state index in [1.165, 1.54) is 18.2 Å². The first-order chi connectivity index (χ1) is 8.57. The molecule has 1 amide bonds. The molecule has 1 aromatic carbocycles. The summed E-state index contributed by atoms with van der Waals surface area (Å²) in [5, 5.41) is 5.90. The van der Waals surface area contributed by atoms with Gasteiger partial charge in [0.05, 0.1) is 5.02 Å². The van der Waals surface area contributed by atoms with Crippen LogP contribution in [0.3, 0.4) is 0 Å². The Kier molecular flexibility index (Phi) is 5.38. The molecule has 1 aromatic rings. The number of rotatable bonds is 6. The molecule has 3 N–H and O–H groups in total. The van der Waals surface area contributed by atoms with Crippen molar-refractivity contribution in [2.24, 2.45) is 10.8 Å². The smallest absolute Gasteiger partial charge is 0.239 e. The fourth-order valence-corrected chi connectivity index (χ4v) is 1.59. The van der Waals surface area contributed by atoms with Crippen LogP contribution in [0.4, 0.5) is 4.39 Å². The second-order valence-corrected chi connectivity index (χ2v) is 3.79. The average Bonchev–Trinajstić information content (AvgIpc) is 2.33. The summed E-state index contributed by atoms with van der Waals surface area (Å²) < 4.78 is 13.7. The van der Waals surface area contributed by atoms with Crippen molar-refractivity contribution >= 4 is 17.5 Å². The Bertz CT molecular complexity index is 489. The number of azide groups is 1. The summed E-state index contributed by atoms with van der Waals surface area (Å²) in [6.45, 7) is 0.325. The number of benzene rings is 1. The van der Waals surface area contributed by atoms with Gasteiger partial charge in [0.2, 0.25) is 5.91 Å². The van der Waals surface area contributed by atoms with Crippen molar-refractivity contribution in [3.63, 3.8) is 0 Å². The number of amides is 1. The minimum absolute atomic E-state index is 0.0657. The Labute approximate surface area is 108 Å². The van der Waals surface area contributed by atoms with E-state index in [2.05, 4.69) is 15.3 Å². The van der Waals surface area contributed by atoms with Gasteiger partial charge < -0.3 is 11.1 Å². The summed E-state index contributed by atoms with van der Waals surface area (Å²) in [7, 11) is 0. The predicted molar refractivity (Wildman–Crippen MR) is 65.4 cm³/mol. The van der Waals surface area contributed by atoms with Gasteiger partial charge in [0.25, 0.3) is 0 Å². The van der Waals surface area contributed by atoms with E-state index in [-0.39, 0.29) is 23.7 Å². The Morgan fingerprint density at radius 1 is 1.67 bits per heavy atom. The molecule has 0 aromatic heterocycles. The number of nitrogens with one attached hydrogen (secondary N) is 1. The number of nitrogens with zero attached hydrogens (tertiary/aromatic N) is 3. The highest BCUT2D eigenvalue weighted by Crippen LogP contribution is 2.23. The zero-order valence-electron chi connectivity index (χ0n) is 9.31. The first-order valence-corrected chi connectivity index (χ1v) is 5.43. The number of hydrogen-bond donors (Lipinski definition) is 2. The van der Waals surface area contributed by atoms with Gasteiger partial charge in [0.1, 0.15) is 11.9 Å². The Balaban J connectivity index is 2.87. The second-order valence-electron chi connectivity index (χ2n) is 3.39. The minimum Gasteiger partial charge on any atom is -0.368 e. The highest BCUT2D eigenvalue weighted by molar-refractivity contribution is 6.30. The van der Waals surface area contributed by atoms with E-state index in [4.69, 9.17) is 22.9 Å². The molecule has 18 heavy (non-hydrogen) atoms. The lowest BCUT2D eigenvalue weighted by atomic mass is 10.1. The summed E-state index contributed by atoms with van der Waals surface area (Å²) in [6, 6.07) is 3.29. The number of hydrogen-bond acceptors (Lipinski definition) is 3. The van der Waals surface area contributed by atoms with Crippen molar-refractivity contribution in [1.29, 1.82) is 0 Å². The van der Waals surface area contributed by atoms with Gasteiger partial charge >= 0.3 is 0 Å². The van der Waals surface area contributed by atoms with Crippen molar-refractivity contribution in [2.75, 3.05) is 13.1 Å². The summed E-state index contributed by atoms with van der Waals surface area (Å²) in [5.41, 5.74) is 13.4. The Morgan fingerprint density at radius 2 is 2.39 bits per heavy atom. The van der Waals surface area contributed by atoms with Crippen LogP contribution in [-0.4, -0.2) is 19.0 Å². The van der Waals surface area contributed by atoms with Gasteiger partial charge in [-0.05, 0) is 11.6 Å². The van der Waals surface area contributed by atoms with Crippen LogP contribution in [0.15, 0.2) is 23.3 Å². The first-order valence-electron chi connectivity index (χ1n) is 5.05. The van der Waals surface area contributed by atoms with Crippen molar-refractivity contribution < 1.29 is 9.18 Å². The second kappa shape index (κ2) is 6.80. The molecule has 0 saturated carbocycles. The van der Waals surface area contributed by atoms with E-state index in [9.17, 15) is 9.18 Å². The minimum atomic E-state index is -1.02. The molecule has 0 aliphatic heterocycles. The average molecular weight is 272 g/mol. The molecule has 6 nitrogen and oxygen atoms in total. The highest BCUT2D eigenvalue weighted by atomic mass is 35.5. The van der Waals surface area contributed by atoms with Gasteiger partial charge in [-0.1, -0.05) is 28.8 Å². The fraction of sp³-hybridized carbons (Fsp3) is 0.300. The van der Waals surface area contributed by atoms with Gasteiger partial charge in [-0.25, -0.2) is 4.39 Å². The normalized spacial score (nSPS) is 11.7. The van der Waals surface area contributed by atoms with Crippen molar-refractivity contribution in [2.45, 2.75) is 6.04 Å². The standard InChI is InChI=1S/C10H11ClFN5O/c11-7-3-1-2-6(8(7)12)9(10(13)18)15-4-5-16-17-14/h1-3,9,15H,4-5H2,(H2,13,18). The van der Waals surface area contributed by atoms with Crippen LogP contribution in [0.2, 0.25) is 5.02 Å². The van der Waals surface area contributed by atoms with Crippen molar-refractivity contribution in [3.05, 3.63) is 45.0 Å². The Morgan fingerprint density at radius 3 is 3.00 bits per heavy atom. The van der Waals surface area contributed by atoms with Crippen LogP contribution in [0.25, 0.3) is 10.4 Å². The zero-order chi connectivity index (χ0) is 13.5. The lowest BCUT2D eigenvalue weighted by Gasteiger charge is -2.16. The molecule has 0 aliphatic carbocycles. The van der Waals surface area contributed by atoms with E-state index in [1.807, 2.05) is 0 Å². The largest absolute Gasteiger partial charge is 0.368 e. The molecule has 1 rings (SSSR count). The maximum Gasteiger partial charge on any atom is 0.239 e. The number of carbonyl (C=O) groups is 1. The lowest BCUT2D eigenvalue weighted by molar-refractivity contribution is -0.120. The van der Waals surface area contributed by atoms with Crippen LogP contribution >= 0.6 is 11.6 Å². The Hall–Kier alpha value is -1.82. The zero-order valence-corrected chi connectivity index (χ0v) is 10.1. The van der Waals surface area contributed by atoms with Gasteiger partial charge in [-0.15, -0.1) is 0 Å².